The van der Waals surface area contributed by atoms with E-state index in [1.165, 1.54) is 31.2 Å². The molecule has 0 amide bonds. The van der Waals surface area contributed by atoms with E-state index in [0.29, 0.717) is 17.9 Å². The van der Waals surface area contributed by atoms with Crippen molar-refractivity contribution in [2.75, 3.05) is 6.54 Å². The van der Waals surface area contributed by atoms with Gasteiger partial charge in [-0.1, -0.05) is 66.2 Å². The van der Waals surface area contributed by atoms with Crippen LogP contribution in [-0.4, -0.2) is 12.6 Å². The van der Waals surface area contributed by atoms with Crippen molar-refractivity contribution in [2.24, 2.45) is 0 Å². The van der Waals surface area contributed by atoms with Gasteiger partial charge in [-0.3, -0.25) is 0 Å². The highest BCUT2D eigenvalue weighted by atomic mass is 14.9. The summed E-state index contributed by atoms with van der Waals surface area (Å²) in [5, 5.41) is 3.49. The fourth-order valence-corrected chi connectivity index (χ4v) is 2.75. The lowest BCUT2D eigenvalue weighted by Crippen LogP contribution is -2.23. The van der Waals surface area contributed by atoms with Crippen molar-refractivity contribution in [3.8, 4) is 0 Å². The Labute approximate surface area is 132 Å². The Morgan fingerprint density at radius 1 is 0.857 bits per heavy atom. The van der Waals surface area contributed by atoms with E-state index >= 15 is 0 Å². The third-order valence-corrected chi connectivity index (χ3v) is 4.13. The molecular weight excluding hydrogens is 254 g/mol. The third kappa shape index (κ3) is 6.65. The summed E-state index contributed by atoms with van der Waals surface area (Å²) in [7, 11) is 0. The Hall–Kier alpha value is -0.820. The lowest BCUT2D eigenvalue weighted by molar-refractivity contribution is 0.548. The maximum atomic E-state index is 3.49. The maximum Gasteiger partial charge on any atom is 0.00103 e. The molecule has 1 aromatic carbocycles. The molecular formula is C20H35N. The summed E-state index contributed by atoms with van der Waals surface area (Å²) >= 11 is 0. The number of hydrogen-bond donors (Lipinski definition) is 1. The average molecular weight is 290 g/mol. The maximum absolute atomic E-state index is 3.49. The van der Waals surface area contributed by atoms with Crippen LogP contribution in [0.4, 0.5) is 0 Å². The van der Waals surface area contributed by atoms with Crippen molar-refractivity contribution in [1.29, 1.82) is 0 Å². The second kappa shape index (κ2) is 9.25. The van der Waals surface area contributed by atoms with Crippen LogP contribution in [0.2, 0.25) is 0 Å². The monoisotopic (exact) mass is 289 g/mol. The van der Waals surface area contributed by atoms with Crippen LogP contribution in [0.1, 0.15) is 89.3 Å². The molecule has 0 aliphatic rings. The topological polar surface area (TPSA) is 12.0 Å². The highest BCUT2D eigenvalue weighted by Gasteiger charge is 2.09. The van der Waals surface area contributed by atoms with Crippen molar-refractivity contribution >= 4 is 0 Å². The molecule has 0 bridgehead atoms. The molecule has 0 spiro atoms. The number of aryl methyl sites for hydroxylation is 1. The molecule has 0 saturated heterocycles. The Bertz CT molecular complexity index is 404. The van der Waals surface area contributed by atoms with Crippen LogP contribution in [0.3, 0.4) is 0 Å². The summed E-state index contributed by atoms with van der Waals surface area (Å²) in [6, 6.07) is 7.75. The van der Waals surface area contributed by atoms with E-state index in [-0.39, 0.29) is 0 Å². The molecule has 21 heavy (non-hydrogen) atoms. The first kappa shape index (κ1) is 18.2. The summed E-state index contributed by atoms with van der Waals surface area (Å²) < 4.78 is 0. The van der Waals surface area contributed by atoms with Crippen molar-refractivity contribution in [3.05, 3.63) is 34.9 Å². The van der Waals surface area contributed by atoms with Gasteiger partial charge in [-0.05, 0) is 54.3 Å². The van der Waals surface area contributed by atoms with E-state index in [2.05, 4.69) is 65.1 Å². The summed E-state index contributed by atoms with van der Waals surface area (Å²) in [6.45, 7) is 14.8. The molecule has 0 fully saturated rings. The molecule has 0 aliphatic heterocycles. The first-order valence-electron chi connectivity index (χ1n) is 8.78. The third-order valence-electron chi connectivity index (χ3n) is 4.13. The smallest absolute Gasteiger partial charge is 0.00103 e. The molecule has 0 radical (unpaired) electrons. The SMILES string of the molecule is CC(C)NCCCCCc1ccc(C(C)C)cc1C(C)C. The minimum Gasteiger partial charge on any atom is -0.315 e. The number of rotatable bonds is 9. The quantitative estimate of drug-likeness (QED) is 0.580. The molecule has 1 heteroatoms. The first-order valence-corrected chi connectivity index (χ1v) is 8.78. The minimum absolute atomic E-state index is 0.612. The highest BCUT2D eigenvalue weighted by Crippen LogP contribution is 2.26. The Kier molecular flexibility index (Phi) is 8.03. The van der Waals surface area contributed by atoms with Crippen LogP contribution in [-0.2, 0) is 6.42 Å². The van der Waals surface area contributed by atoms with Gasteiger partial charge in [-0.15, -0.1) is 0 Å². The van der Waals surface area contributed by atoms with Gasteiger partial charge in [-0.2, -0.15) is 0 Å². The van der Waals surface area contributed by atoms with Crippen LogP contribution in [0, 0.1) is 0 Å². The first-order chi connectivity index (χ1) is 9.91. The van der Waals surface area contributed by atoms with E-state index in [4.69, 9.17) is 0 Å². The van der Waals surface area contributed by atoms with Gasteiger partial charge in [0.1, 0.15) is 0 Å². The lowest BCUT2D eigenvalue weighted by atomic mass is 9.89. The Balaban J connectivity index is 2.50. The second-order valence-electron chi connectivity index (χ2n) is 7.19. The second-order valence-corrected chi connectivity index (χ2v) is 7.19. The van der Waals surface area contributed by atoms with Crippen molar-refractivity contribution < 1.29 is 0 Å². The van der Waals surface area contributed by atoms with Crippen LogP contribution in [0.15, 0.2) is 18.2 Å². The van der Waals surface area contributed by atoms with Gasteiger partial charge in [0.2, 0.25) is 0 Å². The Morgan fingerprint density at radius 3 is 2.14 bits per heavy atom. The zero-order valence-corrected chi connectivity index (χ0v) is 15.0. The van der Waals surface area contributed by atoms with E-state index in [1.54, 1.807) is 11.1 Å². The van der Waals surface area contributed by atoms with Crippen molar-refractivity contribution in [1.82, 2.24) is 5.32 Å². The lowest BCUT2D eigenvalue weighted by Gasteiger charge is -2.16. The number of benzene rings is 1. The normalized spacial score (nSPS) is 11.9. The summed E-state index contributed by atoms with van der Waals surface area (Å²) in [5.74, 6) is 1.25. The van der Waals surface area contributed by atoms with E-state index in [1.807, 2.05) is 0 Å². The molecule has 1 N–H and O–H groups in total. The van der Waals surface area contributed by atoms with Gasteiger partial charge < -0.3 is 5.32 Å². The molecule has 1 rings (SSSR count). The van der Waals surface area contributed by atoms with Gasteiger partial charge in [0, 0.05) is 6.04 Å². The van der Waals surface area contributed by atoms with Crippen LogP contribution in [0.25, 0.3) is 0 Å². The van der Waals surface area contributed by atoms with E-state index < -0.39 is 0 Å². The van der Waals surface area contributed by atoms with Crippen LogP contribution < -0.4 is 5.32 Å². The Morgan fingerprint density at radius 2 is 1.57 bits per heavy atom. The molecule has 0 aromatic heterocycles. The standard InChI is InChI=1S/C20H35N/c1-15(2)19-12-11-18(20(14-19)16(3)4)10-8-7-9-13-21-17(5)6/h11-12,14-17,21H,7-10,13H2,1-6H3. The molecule has 0 heterocycles. The van der Waals surface area contributed by atoms with E-state index in [9.17, 15) is 0 Å². The summed E-state index contributed by atoms with van der Waals surface area (Å²) in [4.78, 5) is 0. The zero-order chi connectivity index (χ0) is 15.8. The highest BCUT2D eigenvalue weighted by molar-refractivity contribution is 5.35. The van der Waals surface area contributed by atoms with Crippen molar-refractivity contribution in [3.63, 3.8) is 0 Å². The summed E-state index contributed by atoms with van der Waals surface area (Å²) in [5.41, 5.74) is 4.59. The van der Waals surface area contributed by atoms with Crippen LogP contribution in [0.5, 0.6) is 0 Å². The molecule has 1 nitrogen and oxygen atoms in total. The molecule has 120 valence electrons. The predicted molar refractivity (Wildman–Crippen MR) is 95.3 cm³/mol. The largest absolute Gasteiger partial charge is 0.315 e. The predicted octanol–water partition coefficient (Wildman–Crippen LogP) is 5.64. The minimum atomic E-state index is 0.612. The van der Waals surface area contributed by atoms with Gasteiger partial charge in [0.05, 0.1) is 0 Å². The molecule has 0 unspecified atom stereocenters. The number of nitrogens with one attached hydrogen (secondary N) is 1. The fourth-order valence-electron chi connectivity index (χ4n) is 2.75. The molecule has 0 aliphatic carbocycles. The van der Waals surface area contributed by atoms with Crippen molar-refractivity contribution in [2.45, 2.75) is 85.1 Å². The summed E-state index contributed by atoms with van der Waals surface area (Å²) in [6.07, 6.45) is 5.15. The van der Waals surface area contributed by atoms with E-state index in [0.717, 1.165) is 6.54 Å². The molecule has 0 atom stereocenters. The van der Waals surface area contributed by atoms with Gasteiger partial charge in [-0.25, -0.2) is 0 Å². The average Bonchev–Trinajstić information content (AvgIpc) is 2.42. The number of hydrogen-bond acceptors (Lipinski definition) is 1. The van der Waals surface area contributed by atoms with Gasteiger partial charge in [0.15, 0.2) is 0 Å². The fraction of sp³-hybridized carbons (Fsp3) is 0.700. The van der Waals surface area contributed by atoms with Gasteiger partial charge in [0.25, 0.3) is 0 Å². The zero-order valence-electron chi connectivity index (χ0n) is 15.0. The number of unbranched alkanes of at least 4 members (excludes halogenated alkanes) is 2. The van der Waals surface area contributed by atoms with Crippen LogP contribution >= 0.6 is 0 Å². The van der Waals surface area contributed by atoms with Gasteiger partial charge >= 0.3 is 0 Å². The molecule has 1 aromatic rings. The molecule has 0 saturated carbocycles.